The first-order valence-corrected chi connectivity index (χ1v) is 9.77. The van der Waals surface area contributed by atoms with Crippen LogP contribution in [0.15, 0.2) is 11.6 Å². The molecule has 0 aliphatic heterocycles. The predicted molar refractivity (Wildman–Crippen MR) is 93.8 cm³/mol. The van der Waals surface area contributed by atoms with Gasteiger partial charge in [0.05, 0.1) is 16.6 Å². The second kappa shape index (κ2) is 4.86. The number of ketones is 1. The molecular formula is C20H29ClO3. The maximum Gasteiger partial charge on any atom is 0.155 e. The van der Waals surface area contributed by atoms with Gasteiger partial charge in [0.1, 0.15) is 0 Å². The van der Waals surface area contributed by atoms with Crippen LogP contribution in [0.5, 0.6) is 0 Å². The van der Waals surface area contributed by atoms with Gasteiger partial charge in [-0.3, -0.25) is 4.79 Å². The molecule has 2 N–H and O–H groups in total. The molecule has 3 fully saturated rings. The molecule has 3 saturated carbocycles. The van der Waals surface area contributed by atoms with Crippen LogP contribution in [0.4, 0.5) is 0 Å². The average molecular weight is 353 g/mol. The number of alkyl halides is 1. The van der Waals surface area contributed by atoms with Gasteiger partial charge in [0, 0.05) is 17.3 Å². The summed E-state index contributed by atoms with van der Waals surface area (Å²) in [5.74, 6) is 0.724. The Kier molecular flexibility index (Phi) is 3.46. The van der Waals surface area contributed by atoms with Gasteiger partial charge in [0.2, 0.25) is 0 Å². The second-order valence-electron chi connectivity index (χ2n) is 9.44. The van der Waals surface area contributed by atoms with E-state index in [1.54, 1.807) is 6.08 Å². The van der Waals surface area contributed by atoms with E-state index in [0.717, 1.165) is 37.7 Å². The quantitative estimate of drug-likeness (QED) is 0.655. The van der Waals surface area contributed by atoms with Crippen LogP contribution in [0.2, 0.25) is 0 Å². The summed E-state index contributed by atoms with van der Waals surface area (Å²) in [6, 6.07) is 0. The van der Waals surface area contributed by atoms with E-state index in [1.165, 1.54) is 0 Å². The third-order valence-corrected chi connectivity index (χ3v) is 9.55. The zero-order valence-electron chi connectivity index (χ0n) is 14.9. The summed E-state index contributed by atoms with van der Waals surface area (Å²) in [7, 11) is 0. The number of hydrogen-bond acceptors (Lipinski definition) is 3. The monoisotopic (exact) mass is 352 g/mol. The average Bonchev–Trinajstić information content (AvgIpc) is 2.72. The summed E-state index contributed by atoms with van der Waals surface area (Å²) in [6.07, 6.45) is 6.50. The van der Waals surface area contributed by atoms with Crippen molar-refractivity contribution in [1.29, 1.82) is 0 Å². The topological polar surface area (TPSA) is 57.5 Å². The fraction of sp³-hybridized carbons (Fsp3) is 0.850. The summed E-state index contributed by atoms with van der Waals surface area (Å²) >= 11 is 7.33. The summed E-state index contributed by atoms with van der Waals surface area (Å²) in [5, 5.41) is 22.2. The van der Waals surface area contributed by atoms with Crippen LogP contribution in [0.3, 0.4) is 0 Å². The lowest BCUT2D eigenvalue weighted by Crippen LogP contribution is -2.67. The van der Waals surface area contributed by atoms with Crippen molar-refractivity contribution >= 4 is 17.4 Å². The Labute approximate surface area is 149 Å². The smallest absolute Gasteiger partial charge is 0.155 e. The number of rotatable bonds is 0. The number of allylic oxidation sites excluding steroid dienone is 1. The van der Waals surface area contributed by atoms with Gasteiger partial charge in [0.25, 0.3) is 0 Å². The Bertz CT molecular complexity index is 626. The van der Waals surface area contributed by atoms with Crippen LogP contribution in [-0.2, 0) is 4.79 Å². The number of carbonyl (C=O) groups excluding carboxylic acids is 1. The lowest BCUT2D eigenvalue weighted by Gasteiger charge is -2.64. The molecule has 0 unspecified atom stereocenters. The number of carbonyl (C=O) groups is 1. The van der Waals surface area contributed by atoms with Gasteiger partial charge in [-0.15, -0.1) is 11.6 Å². The summed E-state index contributed by atoms with van der Waals surface area (Å²) in [4.78, 5) is 11.2. The highest BCUT2D eigenvalue weighted by atomic mass is 35.5. The van der Waals surface area contributed by atoms with Gasteiger partial charge < -0.3 is 10.2 Å². The van der Waals surface area contributed by atoms with Gasteiger partial charge in [0.15, 0.2) is 5.78 Å². The highest BCUT2D eigenvalue weighted by Crippen LogP contribution is 2.70. The summed E-state index contributed by atoms with van der Waals surface area (Å²) in [5.41, 5.74) is -0.202. The Morgan fingerprint density at radius 2 is 1.83 bits per heavy atom. The molecule has 0 aromatic carbocycles. The van der Waals surface area contributed by atoms with E-state index in [0.29, 0.717) is 18.8 Å². The van der Waals surface area contributed by atoms with Crippen LogP contribution in [-0.4, -0.2) is 32.6 Å². The van der Waals surface area contributed by atoms with E-state index >= 15 is 0 Å². The van der Waals surface area contributed by atoms with Crippen LogP contribution in [0, 0.1) is 22.7 Å². The molecule has 0 spiro atoms. The normalized spacial score (nSPS) is 57.0. The van der Waals surface area contributed by atoms with Crippen molar-refractivity contribution in [1.82, 2.24) is 0 Å². The largest absolute Gasteiger partial charge is 0.391 e. The van der Waals surface area contributed by atoms with Crippen molar-refractivity contribution in [2.45, 2.75) is 82.3 Å². The van der Waals surface area contributed by atoms with Gasteiger partial charge in [-0.1, -0.05) is 19.4 Å². The molecule has 4 aliphatic carbocycles. The van der Waals surface area contributed by atoms with E-state index in [4.69, 9.17) is 11.6 Å². The Hall–Kier alpha value is -0.380. The minimum atomic E-state index is -0.740. The third kappa shape index (κ3) is 1.79. The van der Waals surface area contributed by atoms with Gasteiger partial charge in [-0.25, -0.2) is 0 Å². The summed E-state index contributed by atoms with van der Waals surface area (Å²) < 4.78 is 0. The number of hydrogen-bond donors (Lipinski definition) is 2. The van der Waals surface area contributed by atoms with E-state index in [9.17, 15) is 15.0 Å². The maximum atomic E-state index is 11.9. The molecule has 0 aromatic rings. The van der Waals surface area contributed by atoms with Crippen molar-refractivity contribution in [3.05, 3.63) is 11.6 Å². The Morgan fingerprint density at radius 1 is 1.12 bits per heavy atom. The predicted octanol–water partition coefficient (Wildman–Crippen LogP) is 3.60. The van der Waals surface area contributed by atoms with Crippen LogP contribution in [0.1, 0.15) is 65.7 Å². The van der Waals surface area contributed by atoms with Gasteiger partial charge in [-0.2, -0.15) is 0 Å². The molecule has 0 saturated heterocycles. The van der Waals surface area contributed by atoms with Crippen molar-refractivity contribution in [3.63, 3.8) is 0 Å². The minimum Gasteiger partial charge on any atom is -0.391 e. The molecule has 0 amide bonds. The lowest BCUT2D eigenvalue weighted by molar-refractivity contribution is -0.154. The highest BCUT2D eigenvalue weighted by molar-refractivity contribution is 6.26. The van der Waals surface area contributed by atoms with Crippen LogP contribution < -0.4 is 0 Å². The van der Waals surface area contributed by atoms with Gasteiger partial charge in [-0.05, 0) is 63.4 Å². The van der Waals surface area contributed by atoms with E-state index < -0.39 is 16.6 Å². The third-order valence-electron chi connectivity index (χ3n) is 8.60. The number of halogens is 1. The molecule has 4 aliphatic rings. The van der Waals surface area contributed by atoms with Gasteiger partial charge >= 0.3 is 0 Å². The molecular weight excluding hydrogens is 324 g/mol. The first-order valence-electron chi connectivity index (χ1n) is 9.39. The first kappa shape index (κ1) is 17.1. The zero-order chi connectivity index (χ0) is 17.5. The summed E-state index contributed by atoms with van der Waals surface area (Å²) in [6.45, 7) is 6.22. The molecule has 3 nitrogen and oxygen atoms in total. The van der Waals surface area contributed by atoms with Crippen LogP contribution in [0.25, 0.3) is 0 Å². The SMILES string of the molecule is C[C@]1(O)CC[C@H]2[C@@H]3CCC4=CC(=O)CC[C@]4(C)[C@@]3(Cl)[C@@H](O)C[C@@]21C. The zero-order valence-corrected chi connectivity index (χ0v) is 15.7. The van der Waals surface area contributed by atoms with E-state index in [1.807, 2.05) is 6.92 Å². The molecule has 0 bridgehead atoms. The molecule has 0 aromatic heterocycles. The highest BCUT2D eigenvalue weighted by Gasteiger charge is 2.71. The molecule has 134 valence electrons. The molecule has 4 rings (SSSR count). The minimum absolute atomic E-state index is 0.192. The molecule has 0 radical (unpaired) electrons. The van der Waals surface area contributed by atoms with Crippen molar-refractivity contribution < 1.29 is 15.0 Å². The standard InChI is InChI=1S/C20H29ClO3/c1-17-8-6-13(22)10-12(17)4-5-15-14-7-9-19(3,24)18(14,2)11-16(23)20(15,17)21/h10,14-16,23-24H,4-9,11H2,1-3H3/t14-,15-,16-,17-,18-,19-,20-/m0/s1. The van der Waals surface area contributed by atoms with Crippen molar-refractivity contribution in [3.8, 4) is 0 Å². The second-order valence-corrected chi connectivity index (χ2v) is 10.1. The number of aliphatic hydroxyl groups excluding tert-OH is 1. The maximum absolute atomic E-state index is 11.9. The molecule has 24 heavy (non-hydrogen) atoms. The van der Waals surface area contributed by atoms with Crippen molar-refractivity contribution in [2.75, 3.05) is 0 Å². The van der Waals surface area contributed by atoms with Crippen molar-refractivity contribution in [2.24, 2.45) is 22.7 Å². The van der Waals surface area contributed by atoms with E-state index in [-0.39, 0.29) is 22.5 Å². The molecule has 7 atom stereocenters. The first-order chi connectivity index (χ1) is 11.1. The van der Waals surface area contributed by atoms with E-state index in [2.05, 4.69) is 13.8 Å². The molecule has 0 heterocycles. The lowest BCUT2D eigenvalue weighted by atomic mass is 9.45. The fourth-order valence-electron chi connectivity index (χ4n) is 6.79. The number of fused-ring (bicyclic) bond motifs is 5. The Balaban J connectivity index is 1.82. The van der Waals surface area contributed by atoms with Crippen LogP contribution >= 0.6 is 11.6 Å². The number of aliphatic hydroxyl groups is 2. The fourth-order valence-corrected chi connectivity index (χ4v) is 7.35. The Morgan fingerprint density at radius 3 is 2.54 bits per heavy atom. The molecule has 4 heteroatoms.